The third-order valence-electron chi connectivity index (χ3n) is 5.13. The highest BCUT2D eigenvalue weighted by Crippen LogP contribution is 2.53. The molecule has 4 saturated carbocycles. The van der Waals surface area contributed by atoms with E-state index in [0.717, 1.165) is 37.5 Å². The van der Waals surface area contributed by atoms with E-state index in [1.807, 2.05) is 6.92 Å². The van der Waals surface area contributed by atoms with Crippen LogP contribution in [0.4, 0.5) is 0 Å². The minimum absolute atomic E-state index is 0.154. The maximum atomic E-state index is 12.0. The van der Waals surface area contributed by atoms with E-state index >= 15 is 0 Å². The Kier molecular flexibility index (Phi) is 2.89. The molecule has 96 valence electrons. The van der Waals surface area contributed by atoms with E-state index in [4.69, 9.17) is 4.74 Å². The van der Waals surface area contributed by atoms with Crippen LogP contribution in [0.3, 0.4) is 0 Å². The predicted molar refractivity (Wildman–Crippen MR) is 63.2 cm³/mol. The third-order valence-corrected chi connectivity index (χ3v) is 5.13. The van der Waals surface area contributed by atoms with Crippen LogP contribution < -0.4 is 0 Å². The molecule has 0 radical (unpaired) electrons. The van der Waals surface area contributed by atoms with Crippen molar-refractivity contribution in [1.29, 1.82) is 0 Å². The van der Waals surface area contributed by atoms with Crippen LogP contribution in [0.1, 0.15) is 39.0 Å². The standard InChI is InChI=1S/C14H22O3/c1-2-17-14(16)12-10-4-8-3-9(5-10)7-11(6-8)13(12)15/h8-13,15H,2-7H2,1H3. The zero-order valence-corrected chi connectivity index (χ0v) is 10.5. The predicted octanol–water partition coefficient (Wildman–Crippen LogP) is 1.98. The summed E-state index contributed by atoms with van der Waals surface area (Å²) in [4.78, 5) is 12.0. The van der Waals surface area contributed by atoms with Crippen LogP contribution in [0.25, 0.3) is 0 Å². The van der Waals surface area contributed by atoms with Crippen molar-refractivity contribution < 1.29 is 14.6 Å². The fourth-order valence-electron chi connectivity index (χ4n) is 4.67. The van der Waals surface area contributed by atoms with Crippen LogP contribution in [0, 0.1) is 29.6 Å². The van der Waals surface area contributed by atoms with Gasteiger partial charge in [0.1, 0.15) is 0 Å². The average Bonchev–Trinajstić information content (AvgIpc) is 2.41. The summed E-state index contributed by atoms with van der Waals surface area (Å²) in [5, 5.41) is 10.5. The second-order valence-electron chi connectivity index (χ2n) is 6.20. The number of aliphatic hydroxyl groups is 1. The number of carbonyl (C=O) groups excluding carboxylic acids is 1. The van der Waals surface area contributed by atoms with E-state index in [2.05, 4.69) is 0 Å². The molecule has 3 heteroatoms. The lowest BCUT2D eigenvalue weighted by Crippen LogP contribution is -2.37. The van der Waals surface area contributed by atoms with Gasteiger partial charge in [-0.25, -0.2) is 0 Å². The molecular weight excluding hydrogens is 216 g/mol. The van der Waals surface area contributed by atoms with E-state index in [-0.39, 0.29) is 11.9 Å². The molecule has 17 heavy (non-hydrogen) atoms. The van der Waals surface area contributed by atoms with Gasteiger partial charge in [0.2, 0.25) is 0 Å². The smallest absolute Gasteiger partial charge is 0.311 e. The monoisotopic (exact) mass is 238 g/mol. The first kappa shape index (κ1) is 11.5. The van der Waals surface area contributed by atoms with Crippen LogP contribution in [0.5, 0.6) is 0 Å². The second kappa shape index (κ2) is 4.27. The van der Waals surface area contributed by atoms with Crippen molar-refractivity contribution in [2.45, 2.75) is 45.1 Å². The van der Waals surface area contributed by atoms with Gasteiger partial charge in [0.15, 0.2) is 0 Å². The molecule has 4 aliphatic carbocycles. The minimum atomic E-state index is -0.450. The third kappa shape index (κ3) is 1.88. The Morgan fingerprint density at radius 2 is 1.71 bits per heavy atom. The van der Waals surface area contributed by atoms with Gasteiger partial charge in [-0.3, -0.25) is 4.79 Å². The topological polar surface area (TPSA) is 46.5 Å². The van der Waals surface area contributed by atoms with Crippen LogP contribution >= 0.6 is 0 Å². The molecule has 1 N–H and O–H groups in total. The maximum absolute atomic E-state index is 12.0. The Labute approximate surface area is 103 Å². The lowest BCUT2D eigenvalue weighted by atomic mass is 9.67. The van der Waals surface area contributed by atoms with Crippen molar-refractivity contribution in [3.05, 3.63) is 0 Å². The van der Waals surface area contributed by atoms with E-state index < -0.39 is 6.10 Å². The van der Waals surface area contributed by atoms with Crippen molar-refractivity contribution >= 4 is 5.97 Å². The summed E-state index contributed by atoms with van der Waals surface area (Å²) in [5.74, 6) is 1.84. The van der Waals surface area contributed by atoms with Gasteiger partial charge in [-0.05, 0) is 62.7 Å². The number of ether oxygens (including phenoxy) is 1. The second-order valence-corrected chi connectivity index (χ2v) is 6.20. The first-order valence-electron chi connectivity index (χ1n) is 7.03. The molecule has 4 fully saturated rings. The Balaban J connectivity index is 1.86. The normalized spacial score (nSPS) is 47.9. The number of fused-ring (bicyclic) bond motifs is 1. The summed E-state index contributed by atoms with van der Waals surface area (Å²) >= 11 is 0. The first-order valence-corrected chi connectivity index (χ1v) is 7.03. The van der Waals surface area contributed by atoms with Crippen molar-refractivity contribution in [3.63, 3.8) is 0 Å². The zero-order valence-electron chi connectivity index (χ0n) is 10.5. The molecule has 4 rings (SSSR count). The highest BCUT2D eigenvalue weighted by Gasteiger charge is 2.51. The van der Waals surface area contributed by atoms with Crippen molar-refractivity contribution in [3.8, 4) is 0 Å². The van der Waals surface area contributed by atoms with Gasteiger partial charge >= 0.3 is 5.97 Å². The van der Waals surface area contributed by atoms with Crippen molar-refractivity contribution in [1.82, 2.24) is 0 Å². The highest BCUT2D eigenvalue weighted by atomic mass is 16.5. The first-order chi connectivity index (χ1) is 8.19. The van der Waals surface area contributed by atoms with Gasteiger partial charge in [0, 0.05) is 0 Å². The van der Waals surface area contributed by atoms with E-state index in [9.17, 15) is 9.90 Å². The molecule has 4 atom stereocenters. The molecule has 0 aromatic heterocycles. The Bertz CT molecular complexity index is 301. The van der Waals surface area contributed by atoms with Gasteiger partial charge in [-0.15, -0.1) is 0 Å². The van der Waals surface area contributed by atoms with Crippen molar-refractivity contribution in [2.75, 3.05) is 6.61 Å². The van der Waals surface area contributed by atoms with Crippen LogP contribution in [-0.4, -0.2) is 23.8 Å². The van der Waals surface area contributed by atoms with Crippen LogP contribution in [0.2, 0.25) is 0 Å². The molecule has 0 aromatic rings. The lowest BCUT2D eigenvalue weighted by molar-refractivity contribution is -0.155. The summed E-state index contributed by atoms with van der Waals surface area (Å²) < 4.78 is 5.17. The quantitative estimate of drug-likeness (QED) is 0.748. The Hall–Kier alpha value is -0.570. The molecule has 4 unspecified atom stereocenters. The Morgan fingerprint density at radius 1 is 1.12 bits per heavy atom. The van der Waals surface area contributed by atoms with E-state index in [1.165, 1.54) is 6.42 Å². The Morgan fingerprint density at radius 3 is 2.29 bits per heavy atom. The highest BCUT2D eigenvalue weighted by molar-refractivity contribution is 5.73. The molecule has 3 nitrogen and oxygen atoms in total. The fourth-order valence-corrected chi connectivity index (χ4v) is 4.67. The molecule has 0 spiro atoms. The molecule has 4 aliphatic rings. The molecule has 4 bridgehead atoms. The zero-order chi connectivity index (χ0) is 12.0. The van der Waals surface area contributed by atoms with Gasteiger partial charge in [-0.1, -0.05) is 0 Å². The summed E-state index contributed by atoms with van der Waals surface area (Å²) in [6, 6.07) is 0. The maximum Gasteiger partial charge on any atom is 0.311 e. The number of hydrogen-bond acceptors (Lipinski definition) is 3. The molecular formula is C14H22O3. The minimum Gasteiger partial charge on any atom is -0.466 e. The molecule has 0 saturated heterocycles. The summed E-state index contributed by atoms with van der Waals surface area (Å²) in [6.07, 6.45) is 5.40. The fraction of sp³-hybridized carbons (Fsp3) is 0.929. The largest absolute Gasteiger partial charge is 0.466 e. The number of esters is 1. The van der Waals surface area contributed by atoms with Crippen LogP contribution in [0.15, 0.2) is 0 Å². The molecule has 0 amide bonds. The molecule has 0 aromatic carbocycles. The number of rotatable bonds is 2. The van der Waals surface area contributed by atoms with Crippen molar-refractivity contribution in [2.24, 2.45) is 29.6 Å². The summed E-state index contributed by atoms with van der Waals surface area (Å²) in [7, 11) is 0. The SMILES string of the molecule is CCOC(=O)C1C2CC3CC(CC(C3)C1O)C2. The van der Waals surface area contributed by atoms with Gasteiger partial charge in [0.25, 0.3) is 0 Å². The van der Waals surface area contributed by atoms with Crippen LogP contribution in [-0.2, 0) is 9.53 Å². The average molecular weight is 238 g/mol. The molecule has 0 aliphatic heterocycles. The summed E-state index contributed by atoms with van der Waals surface area (Å²) in [6.45, 7) is 2.26. The van der Waals surface area contributed by atoms with E-state index in [0.29, 0.717) is 18.4 Å². The number of aliphatic hydroxyl groups excluding tert-OH is 1. The van der Waals surface area contributed by atoms with Gasteiger partial charge in [0.05, 0.1) is 18.6 Å². The molecule has 0 heterocycles. The van der Waals surface area contributed by atoms with Gasteiger partial charge < -0.3 is 9.84 Å². The van der Waals surface area contributed by atoms with Gasteiger partial charge in [-0.2, -0.15) is 0 Å². The van der Waals surface area contributed by atoms with E-state index in [1.54, 1.807) is 0 Å². The number of hydrogen-bond donors (Lipinski definition) is 1. The summed E-state index contributed by atoms with van der Waals surface area (Å²) in [5.41, 5.74) is 0. The lowest BCUT2D eigenvalue weighted by Gasteiger charge is -2.38. The number of carbonyl (C=O) groups is 1.